The Labute approximate surface area is 183 Å². The van der Waals surface area contributed by atoms with Gasteiger partial charge in [-0.15, -0.1) is 11.3 Å². The van der Waals surface area contributed by atoms with Crippen LogP contribution in [0.3, 0.4) is 0 Å². The summed E-state index contributed by atoms with van der Waals surface area (Å²) in [6, 6.07) is 8.83. The summed E-state index contributed by atoms with van der Waals surface area (Å²) in [6.45, 7) is 6.51. The van der Waals surface area contributed by atoms with Gasteiger partial charge in [-0.2, -0.15) is 5.26 Å². The number of hydrogen-bond donors (Lipinski definition) is 0. The van der Waals surface area contributed by atoms with Gasteiger partial charge in [0.2, 0.25) is 0 Å². The summed E-state index contributed by atoms with van der Waals surface area (Å²) in [5.74, 6) is 1.94. The lowest BCUT2D eigenvalue weighted by Gasteiger charge is -2.39. The van der Waals surface area contributed by atoms with Crippen molar-refractivity contribution in [3.63, 3.8) is 0 Å². The molecule has 0 bridgehead atoms. The molecule has 30 heavy (non-hydrogen) atoms. The van der Waals surface area contributed by atoms with E-state index in [4.69, 9.17) is 9.72 Å². The van der Waals surface area contributed by atoms with Crippen LogP contribution in [0.25, 0.3) is 10.6 Å². The van der Waals surface area contributed by atoms with Crippen LogP contribution in [-0.2, 0) is 0 Å². The molecule has 156 valence electrons. The van der Waals surface area contributed by atoms with Gasteiger partial charge in [0.05, 0.1) is 11.7 Å². The predicted molar refractivity (Wildman–Crippen MR) is 121 cm³/mol. The molecule has 3 atom stereocenters. The Morgan fingerprint density at radius 1 is 1.20 bits per heavy atom. The monoisotopic (exact) mass is 419 g/mol. The summed E-state index contributed by atoms with van der Waals surface area (Å²) in [5, 5.41) is 10.6. The smallest absolute Gasteiger partial charge is 0.137 e. The van der Waals surface area contributed by atoms with Crippen molar-refractivity contribution in [2.45, 2.75) is 64.0 Å². The number of aromatic nitrogens is 1. The van der Waals surface area contributed by atoms with Crippen LogP contribution in [0.1, 0.15) is 62.3 Å². The first-order chi connectivity index (χ1) is 14.6. The third kappa shape index (κ3) is 3.57. The second-order valence-corrected chi connectivity index (χ2v) is 10.1. The average Bonchev–Trinajstić information content (AvgIpc) is 3.34. The highest BCUT2D eigenvalue weighted by Crippen LogP contribution is 2.50. The fourth-order valence-corrected chi connectivity index (χ4v) is 6.47. The Kier molecular flexibility index (Phi) is 5.39. The Bertz CT molecular complexity index is 998. The van der Waals surface area contributed by atoms with Gasteiger partial charge in [0.15, 0.2) is 0 Å². The largest absolute Gasteiger partial charge is 0.490 e. The van der Waals surface area contributed by atoms with Crippen molar-refractivity contribution in [2.24, 2.45) is 5.92 Å². The van der Waals surface area contributed by atoms with E-state index in [0.29, 0.717) is 29.2 Å². The standard InChI is InChI=1S/C25H29N3OS/c1-16(2)29-23-10-7-17(13-18(23)14-26)25-27-15-24(30-25)21-6-3-5-20-19(21)8-9-22(20)28-11-4-12-28/h5,7,10,13,15-16,19,21-22H,3-4,6,8-9,11-12H2,1-2H3/t19-,21?,22?/m1/s1. The molecule has 4 nitrogen and oxygen atoms in total. The second kappa shape index (κ2) is 8.17. The van der Waals surface area contributed by atoms with Crippen molar-refractivity contribution in [3.8, 4) is 22.4 Å². The number of allylic oxidation sites excluding steroid dienone is 1. The molecule has 5 rings (SSSR count). The minimum Gasteiger partial charge on any atom is -0.490 e. The molecule has 3 aliphatic rings. The molecule has 2 aliphatic carbocycles. The Balaban J connectivity index is 1.37. The van der Waals surface area contributed by atoms with Gasteiger partial charge in [0.1, 0.15) is 16.8 Å². The van der Waals surface area contributed by atoms with Crippen molar-refractivity contribution >= 4 is 11.3 Å². The maximum absolute atomic E-state index is 9.55. The molecule has 2 unspecified atom stereocenters. The lowest BCUT2D eigenvalue weighted by molar-refractivity contribution is 0.139. The molecule has 0 amide bonds. The molecule has 2 heterocycles. The molecular weight excluding hydrogens is 390 g/mol. The minimum absolute atomic E-state index is 0.0504. The molecule has 1 aromatic heterocycles. The number of thiazole rings is 1. The molecule has 1 saturated carbocycles. The number of nitrogens with zero attached hydrogens (tertiary/aromatic N) is 3. The molecule has 0 spiro atoms. The molecule has 0 radical (unpaired) electrons. The normalized spacial score (nSPS) is 26.1. The van der Waals surface area contributed by atoms with Crippen molar-refractivity contribution in [2.75, 3.05) is 13.1 Å². The highest BCUT2D eigenvalue weighted by molar-refractivity contribution is 7.15. The van der Waals surface area contributed by atoms with Crippen molar-refractivity contribution in [1.82, 2.24) is 9.88 Å². The van der Waals surface area contributed by atoms with E-state index in [1.807, 2.05) is 43.4 Å². The zero-order chi connectivity index (χ0) is 20.7. The number of hydrogen-bond acceptors (Lipinski definition) is 5. The van der Waals surface area contributed by atoms with Crippen LogP contribution < -0.4 is 4.74 Å². The van der Waals surface area contributed by atoms with Crippen molar-refractivity contribution < 1.29 is 4.74 Å². The molecule has 0 N–H and O–H groups in total. The number of benzene rings is 1. The van der Waals surface area contributed by atoms with E-state index in [1.54, 1.807) is 5.57 Å². The van der Waals surface area contributed by atoms with Crippen LogP contribution in [0.4, 0.5) is 0 Å². The predicted octanol–water partition coefficient (Wildman–Crippen LogP) is 5.76. The van der Waals surface area contributed by atoms with Crippen LogP contribution in [0.15, 0.2) is 36.0 Å². The fourth-order valence-electron chi connectivity index (χ4n) is 5.35. The summed E-state index contributed by atoms with van der Waals surface area (Å²) < 4.78 is 5.77. The van der Waals surface area contributed by atoms with E-state index in [1.165, 1.54) is 50.1 Å². The van der Waals surface area contributed by atoms with E-state index in [2.05, 4.69) is 23.2 Å². The third-order valence-electron chi connectivity index (χ3n) is 6.84. The first kappa shape index (κ1) is 19.8. The number of fused-ring (bicyclic) bond motifs is 1. The number of rotatable bonds is 5. The van der Waals surface area contributed by atoms with E-state index in [-0.39, 0.29) is 6.10 Å². The summed E-state index contributed by atoms with van der Waals surface area (Å²) in [4.78, 5) is 8.85. The second-order valence-electron chi connectivity index (χ2n) is 9.03. The Morgan fingerprint density at radius 2 is 2.07 bits per heavy atom. The first-order valence-corrected chi connectivity index (χ1v) is 12.1. The van der Waals surface area contributed by atoms with Crippen LogP contribution in [-0.4, -0.2) is 35.1 Å². The van der Waals surface area contributed by atoms with Gasteiger partial charge in [-0.25, -0.2) is 4.98 Å². The van der Waals surface area contributed by atoms with Crippen LogP contribution in [0.5, 0.6) is 5.75 Å². The van der Waals surface area contributed by atoms with Crippen LogP contribution in [0, 0.1) is 17.2 Å². The SMILES string of the molecule is CC(C)Oc1ccc(-c2ncc(C3CCC=C4C(N5CCC5)CC[C@H]43)s2)cc1C#N. The average molecular weight is 420 g/mol. The third-order valence-corrected chi connectivity index (χ3v) is 8.02. The maximum atomic E-state index is 9.55. The van der Waals surface area contributed by atoms with Gasteiger partial charge < -0.3 is 4.74 Å². The van der Waals surface area contributed by atoms with E-state index in [9.17, 15) is 5.26 Å². The summed E-state index contributed by atoms with van der Waals surface area (Å²) in [7, 11) is 0. The Morgan fingerprint density at radius 3 is 2.80 bits per heavy atom. The molecular formula is C25H29N3OS. The van der Waals surface area contributed by atoms with Gasteiger partial charge >= 0.3 is 0 Å². The maximum Gasteiger partial charge on any atom is 0.137 e. The highest BCUT2D eigenvalue weighted by Gasteiger charge is 2.41. The zero-order valence-electron chi connectivity index (χ0n) is 17.8. The zero-order valence-corrected chi connectivity index (χ0v) is 18.6. The van der Waals surface area contributed by atoms with Gasteiger partial charge in [0, 0.05) is 28.6 Å². The highest BCUT2D eigenvalue weighted by atomic mass is 32.1. The van der Waals surface area contributed by atoms with Crippen LogP contribution >= 0.6 is 11.3 Å². The number of likely N-dealkylation sites (tertiary alicyclic amines) is 1. The summed E-state index contributed by atoms with van der Waals surface area (Å²) >= 11 is 1.81. The van der Waals surface area contributed by atoms with E-state index >= 15 is 0 Å². The quantitative estimate of drug-likeness (QED) is 0.578. The minimum atomic E-state index is 0.0504. The van der Waals surface area contributed by atoms with Crippen LogP contribution in [0.2, 0.25) is 0 Å². The van der Waals surface area contributed by atoms with E-state index < -0.39 is 0 Å². The molecule has 2 fully saturated rings. The lowest BCUT2D eigenvalue weighted by atomic mass is 9.78. The first-order valence-electron chi connectivity index (χ1n) is 11.2. The van der Waals surface area contributed by atoms with Gasteiger partial charge in [-0.3, -0.25) is 4.90 Å². The van der Waals surface area contributed by atoms with Crippen molar-refractivity contribution in [3.05, 3.63) is 46.5 Å². The summed E-state index contributed by atoms with van der Waals surface area (Å²) in [6.07, 6.45) is 11.1. The topological polar surface area (TPSA) is 49.1 Å². The van der Waals surface area contributed by atoms with Gasteiger partial charge in [0.25, 0.3) is 0 Å². The molecule has 2 aromatic rings. The van der Waals surface area contributed by atoms with E-state index in [0.717, 1.165) is 10.6 Å². The fraction of sp³-hybridized carbons (Fsp3) is 0.520. The van der Waals surface area contributed by atoms with Gasteiger partial charge in [-0.1, -0.05) is 11.6 Å². The summed E-state index contributed by atoms with van der Waals surface area (Å²) in [5.41, 5.74) is 3.30. The van der Waals surface area contributed by atoms with Gasteiger partial charge in [-0.05, 0) is 83.2 Å². The molecule has 1 aromatic carbocycles. The van der Waals surface area contributed by atoms with Crippen molar-refractivity contribution in [1.29, 1.82) is 5.26 Å². The number of ether oxygens (including phenoxy) is 1. The number of nitriles is 1. The lowest BCUT2D eigenvalue weighted by Crippen LogP contribution is -2.45. The molecule has 5 heteroatoms. The molecule has 1 saturated heterocycles. The Hall–Kier alpha value is -2.16. The molecule has 1 aliphatic heterocycles.